The Balaban J connectivity index is 2.51. The van der Waals surface area contributed by atoms with Crippen LogP contribution in [0, 0.1) is 29.6 Å². The molecule has 1 aromatic carbocycles. The van der Waals surface area contributed by atoms with E-state index in [9.17, 15) is 57.5 Å². The smallest absolute Gasteiger partial charge is 0.243 e. The summed E-state index contributed by atoms with van der Waals surface area (Å²) in [4.78, 5) is 194. The summed E-state index contributed by atoms with van der Waals surface area (Å²) in [7, 11) is 0. The zero-order chi connectivity index (χ0) is 85.4. The molecule has 0 saturated heterocycles. The van der Waals surface area contributed by atoms with Gasteiger partial charge in [-0.05, 0) is 119 Å². The second kappa shape index (κ2) is 50.6. The molecule has 12 amide bonds. The molecular weight excluding hydrogens is 1460 g/mol. The molecule has 0 radical (unpaired) electrons. The standard InChI is InChI=1S/C72H129N29O12/c1-12-39(9)54(66(112)97-51(34-42-35-90-45-23-15-14-21-43(42)45)62(108)94-48(26-19-31-88-71(81)82)59(105)92-46(56(74)102)24-17-29-86-69(77)78)100-61(107)49(27-20-32-89-72(83)84)95-65(111)53(38(7)8)98-57(103)41(11)91-64(110)52(37(5)6)99-67(113)55(40(10)13-2)101-63(109)50(33-36(3)4)96-60(106)47(25-18-30-87-70(79)80)93-58(104)44(73)22-16-28-85-68(75)76/h14-15,21,23,35-41,44,46-55,90H,12-13,16-20,22,24-34,73H2,1-11H3,(H2,74,102)(H,91,110)(H,92,105)(H,93,104)(H,94,108)(H,95,111)(H,96,106)(H,97,112)(H,98,103)(H,99,113)(H,100,107)(H,101,109)(H4,75,76,85)(H4,77,78,86)(H4,79,80,87)(H4,81,82,88)(H4,83,84,89)/t39-,40-,41-,44-,46-,47-,48-,49-,50-,51-,52-,53-,54-,55-/m0/s1. The summed E-state index contributed by atoms with van der Waals surface area (Å²) >= 11 is 0. The van der Waals surface area contributed by atoms with Gasteiger partial charge in [-0.15, -0.1) is 0 Å². The molecule has 0 fully saturated rings. The first-order chi connectivity index (χ1) is 53.1. The highest BCUT2D eigenvalue weighted by atomic mass is 16.2. The Bertz CT molecular complexity index is 3600. The number of H-pyrrole nitrogens is 1. The fourth-order valence-electron chi connectivity index (χ4n) is 11.7. The van der Waals surface area contributed by atoms with E-state index in [1.807, 2.05) is 19.9 Å². The zero-order valence-corrected chi connectivity index (χ0v) is 67.2. The van der Waals surface area contributed by atoms with Crippen LogP contribution in [0.5, 0.6) is 0 Å². The first-order valence-corrected chi connectivity index (χ1v) is 38.3. The number of nitrogens with one attached hydrogen (secondary N) is 12. The minimum atomic E-state index is -1.45. The average molecular weight is 1590 g/mol. The van der Waals surface area contributed by atoms with E-state index in [1.54, 1.807) is 79.8 Å². The van der Waals surface area contributed by atoms with Crippen LogP contribution in [0.4, 0.5) is 0 Å². The Morgan fingerprint density at radius 3 is 1.10 bits per heavy atom. The lowest BCUT2D eigenvalue weighted by molar-refractivity contribution is -0.137. The largest absolute Gasteiger partial charge is 0.370 e. The van der Waals surface area contributed by atoms with Crippen molar-refractivity contribution in [3.05, 3.63) is 36.0 Å². The molecule has 0 spiro atoms. The quantitative estimate of drug-likeness (QED) is 0.0167. The molecule has 0 bridgehead atoms. The number of hydrogen-bond donors (Lipinski definition) is 24. The van der Waals surface area contributed by atoms with Crippen molar-refractivity contribution in [1.82, 2.24) is 63.5 Å². The highest BCUT2D eigenvalue weighted by Gasteiger charge is 2.39. The van der Waals surface area contributed by atoms with Crippen LogP contribution in [0.3, 0.4) is 0 Å². The summed E-state index contributed by atoms with van der Waals surface area (Å²) in [5, 5.41) is 30.6. The van der Waals surface area contributed by atoms with Gasteiger partial charge in [0, 0.05) is 56.2 Å². The molecule has 0 saturated carbocycles. The maximum Gasteiger partial charge on any atom is 0.243 e. The Labute approximate surface area is 660 Å². The molecule has 41 nitrogen and oxygen atoms in total. The number of aliphatic imine (C=N–C) groups is 5. The molecule has 113 heavy (non-hydrogen) atoms. The van der Waals surface area contributed by atoms with Gasteiger partial charge in [0.15, 0.2) is 29.8 Å². The van der Waals surface area contributed by atoms with E-state index < -0.39 is 167 Å². The maximum absolute atomic E-state index is 15.0. The Hall–Kier alpha value is -11.3. The average Bonchev–Trinajstić information content (AvgIpc) is 1.68. The van der Waals surface area contributed by atoms with Gasteiger partial charge in [-0.25, -0.2) is 0 Å². The summed E-state index contributed by atoms with van der Waals surface area (Å²) in [5.41, 5.74) is 68.4. The zero-order valence-electron chi connectivity index (χ0n) is 67.2. The Morgan fingerprint density at radius 2 is 0.681 bits per heavy atom. The molecule has 0 aliphatic rings. The number of hydrogen-bond acceptors (Lipinski definition) is 18. The van der Waals surface area contributed by atoms with Crippen LogP contribution in [-0.2, 0) is 64.0 Å². The van der Waals surface area contributed by atoms with E-state index in [1.165, 1.54) is 6.92 Å². The van der Waals surface area contributed by atoms with Gasteiger partial charge in [-0.2, -0.15) is 0 Å². The minimum Gasteiger partial charge on any atom is -0.370 e. The minimum absolute atomic E-state index is 0.000215. The van der Waals surface area contributed by atoms with Crippen LogP contribution in [0.25, 0.3) is 10.9 Å². The number of nitrogens with two attached hydrogens (primary N) is 12. The van der Waals surface area contributed by atoms with Gasteiger partial charge in [0.1, 0.15) is 66.5 Å². The van der Waals surface area contributed by atoms with Gasteiger partial charge < -0.3 is 132 Å². The number of carbonyl (C=O) groups excluding carboxylic acids is 12. The molecule has 1 heterocycles. The van der Waals surface area contributed by atoms with Crippen molar-refractivity contribution in [3.8, 4) is 0 Å². The lowest BCUT2D eigenvalue weighted by atomic mass is 9.95. The number of amides is 12. The number of rotatable bonds is 53. The van der Waals surface area contributed by atoms with Gasteiger partial charge in [0.05, 0.1) is 6.04 Å². The van der Waals surface area contributed by atoms with Crippen LogP contribution < -0.4 is 127 Å². The molecule has 0 unspecified atom stereocenters. The number of aromatic amines is 1. The number of guanidine groups is 5. The first kappa shape index (κ1) is 97.8. The fourth-order valence-corrected chi connectivity index (χ4v) is 11.7. The third-order valence-electron chi connectivity index (χ3n) is 18.5. The summed E-state index contributed by atoms with van der Waals surface area (Å²) in [5.74, 6) is -13.2. The van der Waals surface area contributed by atoms with Gasteiger partial charge in [0.25, 0.3) is 0 Å². The number of para-hydroxylation sites is 1. The molecule has 36 N–H and O–H groups in total. The molecule has 2 rings (SSSR count). The van der Waals surface area contributed by atoms with Crippen molar-refractivity contribution >= 4 is 112 Å². The van der Waals surface area contributed by atoms with Gasteiger partial charge in [-0.1, -0.05) is 100 Å². The van der Waals surface area contributed by atoms with Crippen LogP contribution in [0.1, 0.15) is 165 Å². The van der Waals surface area contributed by atoms with Crippen molar-refractivity contribution < 1.29 is 57.5 Å². The number of carbonyl (C=O) groups is 12. The van der Waals surface area contributed by atoms with Crippen LogP contribution in [0.15, 0.2) is 55.4 Å². The number of aromatic nitrogens is 1. The van der Waals surface area contributed by atoms with E-state index in [0.717, 1.165) is 0 Å². The van der Waals surface area contributed by atoms with E-state index in [0.29, 0.717) is 35.7 Å². The first-order valence-electron chi connectivity index (χ1n) is 38.3. The third kappa shape index (κ3) is 36.6. The molecule has 41 heteroatoms. The second-order valence-electron chi connectivity index (χ2n) is 29.2. The summed E-state index contributed by atoms with van der Waals surface area (Å²) in [6.07, 6.45) is 3.39. The lowest BCUT2D eigenvalue weighted by Gasteiger charge is -2.31. The van der Waals surface area contributed by atoms with E-state index in [2.05, 4.69) is 88.4 Å². The summed E-state index contributed by atoms with van der Waals surface area (Å²) in [6.45, 7) is 18.9. The predicted octanol–water partition coefficient (Wildman–Crippen LogP) is -5.41. The van der Waals surface area contributed by atoms with E-state index >= 15 is 0 Å². The van der Waals surface area contributed by atoms with Crippen molar-refractivity contribution in [3.63, 3.8) is 0 Å². The molecule has 0 aliphatic carbocycles. The van der Waals surface area contributed by atoms with Crippen molar-refractivity contribution in [1.29, 1.82) is 0 Å². The summed E-state index contributed by atoms with van der Waals surface area (Å²) < 4.78 is 0. The monoisotopic (exact) mass is 1590 g/mol. The third-order valence-corrected chi connectivity index (χ3v) is 18.5. The highest BCUT2D eigenvalue weighted by molar-refractivity contribution is 6.00. The van der Waals surface area contributed by atoms with E-state index in [-0.39, 0.29) is 139 Å². The van der Waals surface area contributed by atoms with Crippen molar-refractivity contribution in [2.24, 2.45) is 123 Å². The van der Waals surface area contributed by atoms with Crippen molar-refractivity contribution in [2.45, 2.75) is 239 Å². The van der Waals surface area contributed by atoms with Gasteiger partial charge >= 0.3 is 0 Å². The lowest BCUT2D eigenvalue weighted by Crippen LogP contribution is -2.62. The Kier molecular flexibility index (Phi) is 43.8. The normalized spacial score (nSPS) is 14.9. The van der Waals surface area contributed by atoms with Crippen LogP contribution in [-0.4, -0.2) is 211 Å². The molecule has 2 aromatic rings. The SMILES string of the molecule is CC[C@H](C)[C@H](NC(=O)[C@H](CCCN=C(N)N)NC(=O)[C@@H](NC(=O)[C@H](C)NC(=O)[C@@H](NC(=O)[C@@H](NC(=O)[C@H](CC(C)C)NC(=O)[C@H](CCCN=C(N)N)NC(=O)[C@@H](N)CCCN=C(N)N)[C@@H](C)CC)C(C)C)C(C)C)C(=O)N[C@@H](Cc1c[nH]c2ccccc12)C(=O)N[C@@H](CCCN=C(N)N)C(=O)N[C@@H](CCCN=C(N)N)C(N)=O. The molecular formula is C72H129N29O12. The van der Waals surface area contributed by atoms with Crippen LogP contribution in [0.2, 0.25) is 0 Å². The second-order valence-corrected chi connectivity index (χ2v) is 29.2. The highest BCUT2D eigenvalue weighted by Crippen LogP contribution is 2.21. The maximum atomic E-state index is 15.0. The number of benzene rings is 1. The van der Waals surface area contributed by atoms with Crippen LogP contribution >= 0.6 is 0 Å². The summed E-state index contributed by atoms with van der Waals surface area (Å²) in [6, 6.07) is -8.46. The molecule has 14 atom stereocenters. The molecule has 0 aliphatic heterocycles. The molecule has 634 valence electrons. The van der Waals surface area contributed by atoms with Gasteiger partial charge in [-0.3, -0.25) is 82.5 Å². The topological polar surface area (TPSA) is 727 Å². The number of fused-ring (bicyclic) bond motifs is 1. The number of primary amides is 1. The fraction of sp³-hybridized carbons (Fsp3) is 0.653. The predicted molar refractivity (Wildman–Crippen MR) is 434 cm³/mol. The Morgan fingerprint density at radius 1 is 0.363 bits per heavy atom. The van der Waals surface area contributed by atoms with Gasteiger partial charge in [0.2, 0.25) is 70.9 Å². The number of nitrogens with zero attached hydrogens (tertiary/aromatic N) is 5. The van der Waals surface area contributed by atoms with E-state index in [4.69, 9.17) is 68.8 Å². The van der Waals surface area contributed by atoms with Crippen molar-refractivity contribution in [2.75, 3.05) is 32.7 Å². The molecule has 1 aromatic heterocycles.